The van der Waals surface area contributed by atoms with Crippen molar-refractivity contribution in [2.75, 3.05) is 24.3 Å². The van der Waals surface area contributed by atoms with E-state index < -0.39 is 11.6 Å². The molecule has 2 N–H and O–H groups in total. The molecule has 5 rings (SSSR count). The topological polar surface area (TPSA) is 106 Å². The number of aryl methyl sites for hydroxylation is 1. The zero-order chi connectivity index (χ0) is 24.7. The third-order valence-corrected chi connectivity index (χ3v) is 6.90. The van der Waals surface area contributed by atoms with Crippen molar-refractivity contribution >= 4 is 17.5 Å². The third kappa shape index (κ3) is 4.49. The lowest BCUT2D eigenvalue weighted by molar-refractivity contribution is 0.0500. The van der Waals surface area contributed by atoms with E-state index in [1.807, 2.05) is 0 Å². The smallest absolute Gasteiger partial charge is 0.229 e. The highest BCUT2D eigenvalue weighted by Gasteiger charge is 2.43. The number of fused-ring (bicyclic) bond motifs is 1. The minimum Gasteiger partial charge on any atom is -0.497 e. The Morgan fingerprint density at radius 3 is 2.80 bits per heavy atom. The van der Waals surface area contributed by atoms with Crippen LogP contribution >= 0.6 is 0 Å². The number of tetrazole rings is 1. The predicted molar refractivity (Wildman–Crippen MR) is 126 cm³/mol. The standard InChI is InChI=1S/C23H29F2N9O/c1-13-30-31-32-34(13)19-10-16(35-4)9-18(20(19)25)28-22-26-12-17(24)21(29-22)27-14-8-15-6-5-7-33(15)23(2,3)11-14/h9-10,12,14-15H,5-8,11H2,1-4H3,(H2,26,27,28,29). The van der Waals surface area contributed by atoms with Crippen LogP contribution in [0.15, 0.2) is 18.3 Å². The Bertz CT molecular complexity index is 1230. The Balaban J connectivity index is 1.40. The molecule has 2 fully saturated rings. The van der Waals surface area contributed by atoms with Gasteiger partial charge in [-0.1, -0.05) is 0 Å². The molecule has 2 atom stereocenters. The summed E-state index contributed by atoms with van der Waals surface area (Å²) in [6, 6.07) is 3.51. The fraction of sp³-hybridized carbons (Fsp3) is 0.522. The molecule has 2 aliphatic heterocycles. The molecule has 10 nitrogen and oxygen atoms in total. The maximum absolute atomic E-state index is 15.4. The number of halogens is 2. The van der Waals surface area contributed by atoms with E-state index in [1.165, 1.54) is 30.3 Å². The number of benzene rings is 1. The number of ether oxygens (including phenoxy) is 1. The zero-order valence-electron chi connectivity index (χ0n) is 20.2. The van der Waals surface area contributed by atoms with Gasteiger partial charge in [-0.15, -0.1) is 5.10 Å². The number of hydrogen-bond donors (Lipinski definition) is 2. The van der Waals surface area contributed by atoms with Crippen LogP contribution in [0, 0.1) is 18.6 Å². The first-order chi connectivity index (χ1) is 16.7. The highest BCUT2D eigenvalue weighted by Crippen LogP contribution is 2.38. The molecule has 0 aliphatic carbocycles. The highest BCUT2D eigenvalue weighted by atomic mass is 19.1. The number of methoxy groups -OCH3 is 1. The van der Waals surface area contributed by atoms with Crippen LogP contribution in [-0.2, 0) is 0 Å². The van der Waals surface area contributed by atoms with Crippen molar-refractivity contribution in [3.05, 3.63) is 35.8 Å². The lowest BCUT2D eigenvalue weighted by Crippen LogP contribution is -2.55. The van der Waals surface area contributed by atoms with Gasteiger partial charge in [0.05, 0.1) is 19.0 Å². The van der Waals surface area contributed by atoms with Crippen molar-refractivity contribution in [1.82, 2.24) is 35.1 Å². The van der Waals surface area contributed by atoms with Gasteiger partial charge in [-0.2, -0.15) is 9.67 Å². The molecule has 0 amide bonds. The van der Waals surface area contributed by atoms with Gasteiger partial charge in [0.1, 0.15) is 11.4 Å². The second-order valence-corrected chi connectivity index (χ2v) is 9.74. The zero-order valence-corrected chi connectivity index (χ0v) is 20.2. The fourth-order valence-corrected chi connectivity index (χ4v) is 5.36. The molecule has 186 valence electrons. The molecule has 4 heterocycles. The van der Waals surface area contributed by atoms with Gasteiger partial charge in [-0.25, -0.2) is 13.8 Å². The molecule has 2 unspecified atom stereocenters. The first kappa shape index (κ1) is 23.3. The molecule has 2 saturated heterocycles. The van der Waals surface area contributed by atoms with Gasteiger partial charge in [0.2, 0.25) is 5.95 Å². The van der Waals surface area contributed by atoms with Gasteiger partial charge in [-0.05, 0) is 63.4 Å². The van der Waals surface area contributed by atoms with Gasteiger partial charge in [0.25, 0.3) is 0 Å². The van der Waals surface area contributed by atoms with E-state index >= 15 is 4.39 Å². The number of piperidine rings is 1. The summed E-state index contributed by atoms with van der Waals surface area (Å²) in [5.74, 6) is -0.251. The predicted octanol–water partition coefficient (Wildman–Crippen LogP) is 3.61. The summed E-state index contributed by atoms with van der Waals surface area (Å²) < 4.78 is 36.6. The normalized spacial score (nSPS) is 21.5. The SMILES string of the molecule is COc1cc(Nc2ncc(F)c(NC3CC4CCCN4C(C)(C)C3)n2)c(F)c(-n2nnnc2C)c1. The van der Waals surface area contributed by atoms with Crippen molar-refractivity contribution in [2.24, 2.45) is 0 Å². The Morgan fingerprint density at radius 2 is 2.06 bits per heavy atom. The lowest BCUT2D eigenvalue weighted by atomic mass is 9.84. The van der Waals surface area contributed by atoms with Crippen molar-refractivity contribution in [3.8, 4) is 11.4 Å². The van der Waals surface area contributed by atoms with E-state index in [-0.39, 0.29) is 34.7 Å². The van der Waals surface area contributed by atoms with Crippen molar-refractivity contribution < 1.29 is 13.5 Å². The summed E-state index contributed by atoms with van der Waals surface area (Å²) in [5, 5.41) is 17.3. The van der Waals surface area contributed by atoms with E-state index in [0.29, 0.717) is 17.6 Å². The van der Waals surface area contributed by atoms with E-state index in [9.17, 15) is 4.39 Å². The van der Waals surface area contributed by atoms with Crippen LogP contribution < -0.4 is 15.4 Å². The van der Waals surface area contributed by atoms with Gasteiger partial charge >= 0.3 is 0 Å². The number of rotatable bonds is 6. The van der Waals surface area contributed by atoms with Gasteiger partial charge in [-0.3, -0.25) is 4.90 Å². The molecule has 2 aromatic heterocycles. The molecule has 2 aliphatic rings. The van der Waals surface area contributed by atoms with E-state index in [2.05, 4.69) is 54.9 Å². The first-order valence-electron chi connectivity index (χ1n) is 11.7. The number of anilines is 3. The third-order valence-electron chi connectivity index (χ3n) is 6.90. The van der Waals surface area contributed by atoms with Crippen LogP contribution in [0.4, 0.5) is 26.2 Å². The summed E-state index contributed by atoms with van der Waals surface area (Å²) in [5.41, 5.74) is 0.170. The molecule has 12 heteroatoms. The fourth-order valence-electron chi connectivity index (χ4n) is 5.36. The molecular weight excluding hydrogens is 456 g/mol. The van der Waals surface area contributed by atoms with Gasteiger partial charge in [0, 0.05) is 29.8 Å². The summed E-state index contributed by atoms with van der Waals surface area (Å²) in [6.07, 6.45) is 5.22. The van der Waals surface area contributed by atoms with Crippen LogP contribution in [0.5, 0.6) is 5.75 Å². The Labute approximate surface area is 202 Å². The highest BCUT2D eigenvalue weighted by molar-refractivity contribution is 5.63. The molecular formula is C23H29F2N9O. The monoisotopic (exact) mass is 485 g/mol. The van der Waals surface area contributed by atoms with E-state index in [1.54, 1.807) is 6.92 Å². The molecule has 0 spiro atoms. The minimum atomic E-state index is -0.626. The Hall–Kier alpha value is -3.41. The van der Waals surface area contributed by atoms with E-state index in [4.69, 9.17) is 4.74 Å². The second kappa shape index (κ2) is 8.99. The summed E-state index contributed by atoms with van der Waals surface area (Å²) in [6.45, 7) is 7.24. The largest absolute Gasteiger partial charge is 0.497 e. The van der Waals surface area contributed by atoms with Crippen LogP contribution in [0.3, 0.4) is 0 Å². The lowest BCUT2D eigenvalue weighted by Gasteiger charge is -2.47. The molecule has 0 saturated carbocycles. The summed E-state index contributed by atoms with van der Waals surface area (Å²) in [7, 11) is 1.47. The number of aromatic nitrogens is 6. The molecule has 1 aromatic carbocycles. The number of hydrogen-bond acceptors (Lipinski definition) is 9. The first-order valence-corrected chi connectivity index (χ1v) is 11.7. The van der Waals surface area contributed by atoms with E-state index in [0.717, 1.165) is 32.0 Å². The van der Waals surface area contributed by atoms with Gasteiger partial charge < -0.3 is 15.4 Å². The van der Waals surface area contributed by atoms with Gasteiger partial charge in [0.15, 0.2) is 23.3 Å². The Kier molecular flexibility index (Phi) is 5.99. The van der Waals surface area contributed by atoms with Crippen LogP contribution in [0.25, 0.3) is 5.69 Å². The average Bonchev–Trinajstić information content (AvgIpc) is 3.46. The maximum atomic E-state index is 15.4. The number of nitrogens with zero attached hydrogens (tertiary/aromatic N) is 7. The second-order valence-electron chi connectivity index (χ2n) is 9.74. The molecule has 0 bridgehead atoms. The molecule has 0 radical (unpaired) electrons. The van der Waals surface area contributed by atoms with Crippen molar-refractivity contribution in [1.29, 1.82) is 0 Å². The maximum Gasteiger partial charge on any atom is 0.229 e. The van der Waals surface area contributed by atoms with Crippen LogP contribution in [0.2, 0.25) is 0 Å². The summed E-state index contributed by atoms with van der Waals surface area (Å²) in [4.78, 5) is 10.9. The average molecular weight is 486 g/mol. The Morgan fingerprint density at radius 1 is 1.23 bits per heavy atom. The quantitative estimate of drug-likeness (QED) is 0.542. The number of nitrogens with one attached hydrogen (secondary N) is 2. The van der Waals surface area contributed by atoms with Crippen molar-refractivity contribution in [3.63, 3.8) is 0 Å². The molecule has 35 heavy (non-hydrogen) atoms. The van der Waals surface area contributed by atoms with Crippen LogP contribution in [0.1, 0.15) is 45.4 Å². The van der Waals surface area contributed by atoms with Crippen molar-refractivity contribution in [2.45, 2.75) is 64.1 Å². The van der Waals surface area contributed by atoms with Crippen LogP contribution in [-0.4, -0.2) is 66.4 Å². The summed E-state index contributed by atoms with van der Waals surface area (Å²) >= 11 is 0. The minimum absolute atomic E-state index is 0.0239. The molecule has 3 aromatic rings.